The number of ether oxygens (including phenoxy) is 2. The number of phenols is 1. The van der Waals surface area contributed by atoms with Gasteiger partial charge in [-0.2, -0.15) is 13.2 Å². The summed E-state index contributed by atoms with van der Waals surface area (Å²) in [4.78, 5) is 47.9. The van der Waals surface area contributed by atoms with Gasteiger partial charge in [0.25, 0.3) is 5.91 Å². The minimum Gasteiger partial charge on any atom is -0.506 e. The van der Waals surface area contributed by atoms with Crippen molar-refractivity contribution in [1.29, 1.82) is 0 Å². The molecule has 15 heteroatoms. The number of halogens is 4. The molecule has 0 aromatic heterocycles. The first kappa shape index (κ1) is 36.1. The molecule has 3 saturated heterocycles. The van der Waals surface area contributed by atoms with Crippen molar-refractivity contribution in [3.63, 3.8) is 0 Å². The molecule has 2 aromatic rings. The molecule has 0 radical (unpaired) electrons. The van der Waals surface area contributed by atoms with Crippen LogP contribution in [0.1, 0.15) is 48.8 Å². The highest BCUT2D eigenvalue weighted by molar-refractivity contribution is 6.32. The third kappa shape index (κ3) is 8.40. The Morgan fingerprint density at radius 3 is 2.44 bits per heavy atom. The predicted molar refractivity (Wildman–Crippen MR) is 179 cm³/mol. The van der Waals surface area contributed by atoms with Gasteiger partial charge in [0, 0.05) is 83.2 Å². The molecule has 3 fully saturated rings. The van der Waals surface area contributed by atoms with Crippen LogP contribution >= 0.6 is 11.6 Å². The number of nitrogens with one attached hydrogen (secondary N) is 1. The van der Waals surface area contributed by atoms with E-state index in [1.54, 1.807) is 9.80 Å². The lowest BCUT2D eigenvalue weighted by Crippen LogP contribution is -2.51. The number of urea groups is 1. The van der Waals surface area contributed by atoms with Crippen LogP contribution in [0, 0.1) is 0 Å². The van der Waals surface area contributed by atoms with E-state index in [4.69, 9.17) is 21.1 Å². The quantitative estimate of drug-likeness (QED) is 0.412. The van der Waals surface area contributed by atoms with Gasteiger partial charge in [0.1, 0.15) is 5.75 Å². The number of anilines is 1. The Morgan fingerprint density at radius 2 is 1.70 bits per heavy atom. The van der Waals surface area contributed by atoms with Gasteiger partial charge in [-0.05, 0) is 67.9 Å². The van der Waals surface area contributed by atoms with E-state index in [2.05, 4.69) is 10.2 Å². The van der Waals surface area contributed by atoms with Gasteiger partial charge in [-0.3, -0.25) is 9.69 Å². The molecule has 0 saturated carbocycles. The van der Waals surface area contributed by atoms with E-state index in [9.17, 15) is 32.7 Å². The number of carbonyl (C=O) groups is 3. The summed E-state index contributed by atoms with van der Waals surface area (Å²) in [6.45, 7) is 4.64. The van der Waals surface area contributed by atoms with E-state index in [0.717, 1.165) is 42.8 Å². The van der Waals surface area contributed by atoms with Crippen LogP contribution in [-0.2, 0) is 33.3 Å². The zero-order valence-electron chi connectivity index (χ0n) is 27.8. The summed E-state index contributed by atoms with van der Waals surface area (Å²) >= 11 is 5.99. The number of hydrogen-bond donors (Lipinski definition) is 2. The first-order chi connectivity index (χ1) is 24.0. The Balaban J connectivity index is 1.14. The van der Waals surface area contributed by atoms with Gasteiger partial charge in [0.15, 0.2) is 6.10 Å². The van der Waals surface area contributed by atoms with Crippen molar-refractivity contribution in [2.75, 3.05) is 64.3 Å². The molecule has 1 atom stereocenters. The number of hydrogen-bond acceptors (Lipinski definition) is 7. The fourth-order valence-electron chi connectivity index (χ4n) is 7.45. The van der Waals surface area contributed by atoms with Crippen LogP contribution in [0.4, 0.5) is 28.4 Å². The molecule has 2 aromatic carbocycles. The van der Waals surface area contributed by atoms with Crippen LogP contribution in [0.25, 0.3) is 0 Å². The zero-order valence-corrected chi connectivity index (χ0v) is 28.6. The van der Waals surface area contributed by atoms with Crippen LogP contribution in [0.3, 0.4) is 0 Å². The summed E-state index contributed by atoms with van der Waals surface area (Å²) in [6, 6.07) is 9.61. The van der Waals surface area contributed by atoms with Gasteiger partial charge in [-0.1, -0.05) is 29.8 Å². The monoisotopic (exact) mass is 721 g/mol. The number of phenolic OH excluding ortho intramolecular Hbond substituents is 1. The average Bonchev–Trinajstić information content (AvgIpc) is 3.45. The number of fused-ring (bicyclic) bond motifs is 1. The molecule has 4 aliphatic rings. The summed E-state index contributed by atoms with van der Waals surface area (Å²) in [5, 5.41) is 12.5. The lowest BCUT2D eigenvalue weighted by molar-refractivity contribution is -0.140. The van der Waals surface area contributed by atoms with E-state index in [1.807, 2.05) is 24.3 Å². The topological polar surface area (TPSA) is 115 Å². The summed E-state index contributed by atoms with van der Waals surface area (Å²) in [5.74, 6) is -1.60. The smallest absolute Gasteiger partial charge is 0.420 e. The van der Waals surface area contributed by atoms with E-state index in [-0.39, 0.29) is 37.1 Å². The summed E-state index contributed by atoms with van der Waals surface area (Å²) in [6.07, 6.45) is -3.25. The maximum absolute atomic E-state index is 14.0. The molecular formula is C35H43ClF3N5O6. The number of amides is 4. The maximum atomic E-state index is 14.0. The molecule has 50 heavy (non-hydrogen) atoms. The van der Waals surface area contributed by atoms with Crippen molar-refractivity contribution >= 4 is 35.3 Å². The molecule has 0 unspecified atom stereocenters. The largest absolute Gasteiger partial charge is 0.506 e. The van der Waals surface area contributed by atoms with Crippen LogP contribution in [-0.4, -0.2) is 120 Å². The van der Waals surface area contributed by atoms with Gasteiger partial charge >= 0.3 is 18.3 Å². The number of carbonyl (C=O) groups excluding carboxylic acids is 3. The fraction of sp³-hybridized carbons (Fsp3) is 0.571. The van der Waals surface area contributed by atoms with Gasteiger partial charge in [0.05, 0.1) is 10.6 Å². The normalized spacial score (nSPS) is 20.8. The number of likely N-dealkylation sites (tertiary alicyclic amines) is 1. The second-order valence-corrected chi connectivity index (χ2v) is 13.8. The number of para-hydroxylation sites is 1. The summed E-state index contributed by atoms with van der Waals surface area (Å²) in [5.41, 5.74) is 0.506. The highest BCUT2D eigenvalue weighted by atomic mass is 35.5. The SMILES string of the molecule is O=C(O[C@H](Cc1cc(Cl)c(O)c(C(F)(F)F)c1)C(=O)N1CCCN(C2CCOCC2)CC1)N1CCC(N2CCc3ccccc3NC2=O)CC1. The molecule has 0 aliphatic carbocycles. The second kappa shape index (κ2) is 15.6. The lowest BCUT2D eigenvalue weighted by atomic mass is 10.0. The van der Waals surface area contributed by atoms with Crippen molar-refractivity contribution in [2.45, 2.75) is 69.3 Å². The Morgan fingerprint density at radius 1 is 0.960 bits per heavy atom. The number of alkyl halides is 3. The maximum Gasteiger partial charge on any atom is 0.420 e. The summed E-state index contributed by atoms with van der Waals surface area (Å²) < 4.78 is 52.6. The summed E-state index contributed by atoms with van der Waals surface area (Å²) in [7, 11) is 0. The molecule has 272 valence electrons. The van der Waals surface area contributed by atoms with Gasteiger partial charge in [-0.15, -0.1) is 0 Å². The van der Waals surface area contributed by atoms with E-state index in [0.29, 0.717) is 71.1 Å². The number of piperidine rings is 1. The zero-order chi connectivity index (χ0) is 35.4. The number of aromatic hydroxyl groups is 1. The second-order valence-electron chi connectivity index (χ2n) is 13.4. The van der Waals surface area contributed by atoms with Crippen molar-refractivity contribution in [3.8, 4) is 5.75 Å². The molecule has 4 amide bonds. The third-order valence-corrected chi connectivity index (χ3v) is 10.5. The lowest BCUT2D eigenvalue weighted by Gasteiger charge is -2.38. The number of nitrogens with zero attached hydrogens (tertiary/aromatic N) is 4. The molecule has 6 rings (SSSR count). The first-order valence-electron chi connectivity index (χ1n) is 17.3. The van der Waals surface area contributed by atoms with Crippen LogP contribution in [0.15, 0.2) is 36.4 Å². The van der Waals surface area contributed by atoms with Gasteiger partial charge < -0.3 is 34.6 Å². The minimum atomic E-state index is -4.89. The van der Waals surface area contributed by atoms with Crippen LogP contribution in [0.5, 0.6) is 5.75 Å². The van der Waals surface area contributed by atoms with Gasteiger partial charge in [0.2, 0.25) is 0 Å². The molecule has 2 N–H and O–H groups in total. The third-order valence-electron chi connectivity index (χ3n) is 10.2. The van der Waals surface area contributed by atoms with Gasteiger partial charge in [-0.25, -0.2) is 9.59 Å². The van der Waals surface area contributed by atoms with E-state index in [1.165, 1.54) is 4.90 Å². The van der Waals surface area contributed by atoms with Crippen LogP contribution < -0.4 is 5.32 Å². The highest BCUT2D eigenvalue weighted by Crippen LogP contribution is 2.40. The van der Waals surface area contributed by atoms with E-state index < -0.39 is 40.6 Å². The van der Waals surface area contributed by atoms with E-state index >= 15 is 0 Å². The Bertz CT molecular complexity index is 1550. The Labute approximate surface area is 294 Å². The van der Waals surface area contributed by atoms with Crippen molar-refractivity contribution in [3.05, 3.63) is 58.1 Å². The molecule has 4 heterocycles. The molecule has 4 aliphatic heterocycles. The molecule has 11 nitrogen and oxygen atoms in total. The van der Waals surface area contributed by atoms with Crippen molar-refractivity contribution < 1.29 is 42.1 Å². The van der Waals surface area contributed by atoms with Crippen molar-refractivity contribution in [2.24, 2.45) is 0 Å². The highest BCUT2D eigenvalue weighted by Gasteiger charge is 2.38. The minimum absolute atomic E-state index is 0.00295. The fourth-order valence-corrected chi connectivity index (χ4v) is 7.70. The molecule has 0 spiro atoms. The van der Waals surface area contributed by atoms with Crippen LogP contribution in [0.2, 0.25) is 5.02 Å². The predicted octanol–water partition coefficient (Wildman–Crippen LogP) is 5.38. The standard InChI is InChI=1S/C35H43ClF3N5O6/c36-28-21-23(20-27(31(28)45)35(37,38)39)22-30(32(46)42-12-3-11-41(16-17-42)25-9-18-49-19-10-25)50-34(48)43-13-7-26(8-14-43)44-15-6-24-4-1-2-5-29(24)40-33(44)47/h1-2,4-5,20-21,25-26,30,45H,3,6-19,22H2,(H,40,47)/t30-/m1/s1. The van der Waals surface area contributed by atoms with Crippen molar-refractivity contribution in [1.82, 2.24) is 19.6 Å². The number of rotatable bonds is 6. The molecular weight excluding hydrogens is 679 g/mol. The Hall–Kier alpha value is -3.75. The average molecular weight is 722 g/mol. The molecule has 0 bridgehead atoms. The number of benzene rings is 2. The first-order valence-corrected chi connectivity index (χ1v) is 17.7. The Kier molecular flexibility index (Phi) is 11.3.